The molecule has 0 aromatic heterocycles. The van der Waals surface area contributed by atoms with Crippen molar-refractivity contribution in [2.75, 3.05) is 20.2 Å². The van der Waals surface area contributed by atoms with E-state index in [0.717, 1.165) is 12.8 Å². The molecule has 0 aliphatic carbocycles. The van der Waals surface area contributed by atoms with Gasteiger partial charge in [-0.3, -0.25) is 4.79 Å². The van der Waals surface area contributed by atoms with Gasteiger partial charge in [0.2, 0.25) is 15.9 Å². The van der Waals surface area contributed by atoms with Crippen LogP contribution in [0.15, 0.2) is 59.5 Å². The van der Waals surface area contributed by atoms with Gasteiger partial charge in [-0.2, -0.15) is 4.31 Å². The number of benzene rings is 2. The zero-order chi connectivity index (χ0) is 20.6. The maximum Gasteiger partial charge on any atom is 0.243 e. The molecule has 0 saturated heterocycles. The average molecular weight is 405 g/mol. The molecule has 0 heterocycles. The molecule has 0 fully saturated rings. The lowest BCUT2D eigenvalue weighted by Gasteiger charge is -2.21. The predicted octanol–water partition coefficient (Wildman–Crippen LogP) is 2.84. The Morgan fingerprint density at radius 2 is 1.75 bits per heavy atom. The van der Waals surface area contributed by atoms with E-state index in [4.69, 9.17) is 4.74 Å². The first kappa shape index (κ1) is 21.9. The topological polar surface area (TPSA) is 75.7 Å². The molecule has 0 unspecified atom stereocenters. The van der Waals surface area contributed by atoms with Gasteiger partial charge in [-0.15, -0.1) is 0 Å². The van der Waals surface area contributed by atoms with Gasteiger partial charge in [0.25, 0.3) is 0 Å². The number of likely N-dealkylation sites (N-methyl/N-ethyl adjacent to an activating group) is 1. The average Bonchev–Trinajstić information content (AvgIpc) is 2.71. The highest BCUT2D eigenvalue weighted by Gasteiger charge is 2.25. The molecule has 28 heavy (non-hydrogen) atoms. The second-order valence-electron chi connectivity index (χ2n) is 6.60. The summed E-state index contributed by atoms with van der Waals surface area (Å²) in [5.41, 5.74) is 1.21. The first-order valence-electron chi connectivity index (χ1n) is 9.34. The number of nitrogens with zero attached hydrogens (tertiary/aromatic N) is 1. The van der Waals surface area contributed by atoms with E-state index in [1.807, 2.05) is 25.1 Å². The number of carbonyl (C=O) groups is 1. The van der Waals surface area contributed by atoms with Gasteiger partial charge < -0.3 is 10.1 Å². The second-order valence-corrected chi connectivity index (χ2v) is 8.54. The third-order valence-corrected chi connectivity index (χ3v) is 6.42. The van der Waals surface area contributed by atoms with Gasteiger partial charge in [-0.1, -0.05) is 37.3 Å². The molecule has 1 amide bonds. The minimum absolute atomic E-state index is 0.0462. The Balaban J connectivity index is 1.93. The van der Waals surface area contributed by atoms with E-state index in [1.165, 1.54) is 29.1 Å². The number of ether oxygens (including phenoxy) is 1. The van der Waals surface area contributed by atoms with Gasteiger partial charge >= 0.3 is 0 Å². The lowest BCUT2D eigenvalue weighted by atomic mass is 10.1. The van der Waals surface area contributed by atoms with Crippen molar-refractivity contribution >= 4 is 15.9 Å². The van der Waals surface area contributed by atoms with Gasteiger partial charge in [0, 0.05) is 12.6 Å². The summed E-state index contributed by atoms with van der Waals surface area (Å²) >= 11 is 0. The lowest BCUT2D eigenvalue weighted by molar-refractivity contribution is -0.121. The maximum atomic E-state index is 12.8. The highest BCUT2D eigenvalue weighted by atomic mass is 32.2. The van der Waals surface area contributed by atoms with E-state index in [2.05, 4.69) is 17.4 Å². The van der Waals surface area contributed by atoms with Crippen molar-refractivity contribution in [1.29, 1.82) is 0 Å². The van der Waals surface area contributed by atoms with Crippen molar-refractivity contribution in [3.05, 3.63) is 60.2 Å². The summed E-state index contributed by atoms with van der Waals surface area (Å²) in [5, 5.41) is 2.89. The molecule has 0 aliphatic rings. The standard InChI is InChI=1S/C21H28N2O4S/c1-4-23(28(25,26)20-14-12-19(27-3)13-15-20)16-21(24)22-17(2)10-11-18-8-6-5-7-9-18/h5-9,12-15,17H,4,10-11,16H2,1-3H3,(H,22,24)/t17-/m0/s1. The Morgan fingerprint density at radius 3 is 2.32 bits per heavy atom. The first-order valence-corrected chi connectivity index (χ1v) is 10.8. The van der Waals surface area contributed by atoms with Crippen molar-refractivity contribution in [2.24, 2.45) is 0 Å². The summed E-state index contributed by atoms with van der Waals surface area (Å²) in [6, 6.07) is 16.1. The molecule has 0 spiro atoms. The van der Waals surface area contributed by atoms with Crippen LogP contribution in [0.3, 0.4) is 0 Å². The molecule has 0 saturated carbocycles. The summed E-state index contributed by atoms with van der Waals surface area (Å²) in [4.78, 5) is 12.5. The molecule has 0 radical (unpaired) electrons. The summed E-state index contributed by atoms with van der Waals surface area (Å²) in [7, 11) is -2.23. The van der Waals surface area contributed by atoms with Gasteiger partial charge in [-0.05, 0) is 49.6 Å². The molecular weight excluding hydrogens is 376 g/mol. The number of amides is 1. The quantitative estimate of drug-likeness (QED) is 0.661. The maximum absolute atomic E-state index is 12.8. The smallest absolute Gasteiger partial charge is 0.243 e. The Kier molecular flexibility index (Phi) is 8.02. The molecule has 2 rings (SSSR count). The normalized spacial score (nSPS) is 12.6. The fraction of sp³-hybridized carbons (Fsp3) is 0.381. The van der Waals surface area contributed by atoms with E-state index in [1.54, 1.807) is 19.1 Å². The molecule has 2 aromatic rings. The van der Waals surface area contributed by atoms with Gasteiger partial charge in [0.05, 0.1) is 18.6 Å². The first-order chi connectivity index (χ1) is 13.4. The van der Waals surface area contributed by atoms with E-state index in [0.29, 0.717) is 5.75 Å². The van der Waals surface area contributed by atoms with Crippen LogP contribution in [0, 0.1) is 0 Å². The third-order valence-electron chi connectivity index (χ3n) is 4.49. The van der Waals surface area contributed by atoms with E-state index >= 15 is 0 Å². The molecule has 0 bridgehead atoms. The van der Waals surface area contributed by atoms with Crippen LogP contribution in [0.4, 0.5) is 0 Å². The zero-order valence-electron chi connectivity index (χ0n) is 16.6. The second kappa shape index (κ2) is 10.2. The molecular formula is C21H28N2O4S. The van der Waals surface area contributed by atoms with Crippen LogP contribution in [-0.2, 0) is 21.2 Å². The zero-order valence-corrected chi connectivity index (χ0v) is 17.4. The van der Waals surface area contributed by atoms with Gasteiger partial charge in [0.15, 0.2) is 0 Å². The van der Waals surface area contributed by atoms with Crippen LogP contribution in [-0.4, -0.2) is 44.9 Å². The Bertz CT molecular complexity index is 852. The number of carbonyl (C=O) groups excluding carboxylic acids is 1. The van der Waals surface area contributed by atoms with Crippen LogP contribution >= 0.6 is 0 Å². The number of aryl methyl sites for hydroxylation is 1. The van der Waals surface area contributed by atoms with Crippen LogP contribution in [0.1, 0.15) is 25.8 Å². The molecule has 2 aromatic carbocycles. The Morgan fingerprint density at radius 1 is 1.11 bits per heavy atom. The summed E-state index contributed by atoms with van der Waals surface area (Å²) in [6.07, 6.45) is 1.64. The Labute approximate surface area is 167 Å². The third kappa shape index (κ3) is 6.07. The molecule has 7 heteroatoms. The van der Waals surface area contributed by atoms with Crippen molar-refractivity contribution in [3.8, 4) is 5.75 Å². The van der Waals surface area contributed by atoms with Crippen LogP contribution in [0.5, 0.6) is 5.75 Å². The fourth-order valence-electron chi connectivity index (χ4n) is 2.84. The number of hydrogen-bond donors (Lipinski definition) is 1. The lowest BCUT2D eigenvalue weighted by Crippen LogP contribution is -2.43. The van der Waals surface area contributed by atoms with Crippen LogP contribution in [0.25, 0.3) is 0 Å². The van der Waals surface area contributed by atoms with E-state index in [-0.39, 0.29) is 29.9 Å². The monoisotopic (exact) mass is 404 g/mol. The van der Waals surface area contributed by atoms with Crippen LogP contribution in [0.2, 0.25) is 0 Å². The Hall–Kier alpha value is -2.38. The van der Waals surface area contributed by atoms with Crippen molar-refractivity contribution in [1.82, 2.24) is 9.62 Å². The molecule has 6 nitrogen and oxygen atoms in total. The number of nitrogens with one attached hydrogen (secondary N) is 1. The fourth-order valence-corrected chi connectivity index (χ4v) is 4.25. The minimum Gasteiger partial charge on any atom is -0.497 e. The summed E-state index contributed by atoms with van der Waals surface area (Å²) in [6.45, 7) is 3.64. The molecule has 0 aliphatic heterocycles. The van der Waals surface area contributed by atoms with Gasteiger partial charge in [0.1, 0.15) is 5.75 Å². The minimum atomic E-state index is -3.75. The van der Waals surface area contributed by atoms with Crippen molar-refractivity contribution < 1.29 is 17.9 Å². The highest BCUT2D eigenvalue weighted by Crippen LogP contribution is 2.19. The van der Waals surface area contributed by atoms with E-state index < -0.39 is 10.0 Å². The van der Waals surface area contributed by atoms with Crippen molar-refractivity contribution in [2.45, 2.75) is 37.6 Å². The summed E-state index contributed by atoms with van der Waals surface area (Å²) < 4.78 is 31.8. The molecule has 1 atom stereocenters. The largest absolute Gasteiger partial charge is 0.497 e. The SMILES string of the molecule is CCN(CC(=O)N[C@@H](C)CCc1ccccc1)S(=O)(=O)c1ccc(OC)cc1. The van der Waals surface area contributed by atoms with Gasteiger partial charge in [-0.25, -0.2) is 8.42 Å². The number of hydrogen-bond acceptors (Lipinski definition) is 4. The summed E-state index contributed by atoms with van der Waals surface area (Å²) in [5.74, 6) is 0.270. The number of methoxy groups -OCH3 is 1. The molecule has 1 N–H and O–H groups in total. The van der Waals surface area contributed by atoms with Crippen LogP contribution < -0.4 is 10.1 Å². The van der Waals surface area contributed by atoms with E-state index in [9.17, 15) is 13.2 Å². The van der Waals surface area contributed by atoms with Crippen molar-refractivity contribution in [3.63, 3.8) is 0 Å². The predicted molar refractivity (Wildman–Crippen MR) is 110 cm³/mol. The highest BCUT2D eigenvalue weighted by molar-refractivity contribution is 7.89. The molecule has 152 valence electrons. The number of rotatable bonds is 10. The number of sulfonamides is 1.